The molecule has 6 nitrogen and oxygen atoms in total. The van der Waals surface area contributed by atoms with E-state index in [-0.39, 0.29) is 24.9 Å². The summed E-state index contributed by atoms with van der Waals surface area (Å²) in [4.78, 5) is 31.5. The minimum atomic E-state index is -0.203. The number of nitrogens with zero attached hydrogens (tertiary/aromatic N) is 3. The molecule has 2 aromatic rings. The van der Waals surface area contributed by atoms with Gasteiger partial charge < -0.3 is 10.2 Å². The first kappa shape index (κ1) is 24.0. The van der Waals surface area contributed by atoms with E-state index in [9.17, 15) is 9.59 Å². The molecule has 0 unspecified atom stereocenters. The molecule has 0 bridgehead atoms. The average molecular weight is 483 g/mol. The van der Waals surface area contributed by atoms with Gasteiger partial charge in [0.25, 0.3) is 0 Å². The molecule has 1 fully saturated rings. The maximum atomic E-state index is 12.8. The number of carbonyl (C=O) groups excluding carboxylic acids is 2. The molecule has 1 saturated heterocycles. The van der Waals surface area contributed by atoms with Gasteiger partial charge in [-0.05, 0) is 53.6 Å². The summed E-state index contributed by atoms with van der Waals surface area (Å²) in [5, 5.41) is 7.96. The van der Waals surface area contributed by atoms with E-state index >= 15 is 0 Å². The minimum absolute atomic E-state index is 0.0703. The third kappa shape index (κ3) is 7.47. The molecule has 2 heterocycles. The monoisotopic (exact) mass is 482 g/mol. The first-order chi connectivity index (χ1) is 14.9. The van der Waals surface area contributed by atoms with Crippen molar-refractivity contribution >= 4 is 52.0 Å². The van der Waals surface area contributed by atoms with Crippen molar-refractivity contribution in [1.82, 2.24) is 14.7 Å². The maximum Gasteiger partial charge on any atom is 0.238 e. The molecule has 1 N–H and O–H groups in total. The summed E-state index contributed by atoms with van der Waals surface area (Å²) in [6.07, 6.45) is 0.858. The van der Waals surface area contributed by atoms with Gasteiger partial charge in [-0.1, -0.05) is 30.1 Å². The number of hydrogen-bond acceptors (Lipinski definition) is 5. The Morgan fingerprint density at radius 1 is 1.13 bits per heavy atom. The Balaban J connectivity index is 1.47. The van der Waals surface area contributed by atoms with Gasteiger partial charge in [-0.3, -0.25) is 19.4 Å². The highest BCUT2D eigenvalue weighted by Gasteiger charge is 2.23. The number of rotatable bonds is 9. The Morgan fingerprint density at radius 2 is 1.90 bits per heavy atom. The van der Waals surface area contributed by atoms with Crippen LogP contribution in [0.25, 0.3) is 0 Å². The second-order valence-corrected chi connectivity index (χ2v) is 9.30. The van der Waals surface area contributed by atoms with Crippen molar-refractivity contribution in [3.63, 3.8) is 0 Å². The van der Waals surface area contributed by atoms with Gasteiger partial charge in [-0.15, -0.1) is 0 Å². The van der Waals surface area contributed by atoms with Crippen LogP contribution in [0.4, 0.5) is 5.69 Å². The molecule has 0 aliphatic carbocycles. The maximum absolute atomic E-state index is 12.8. The van der Waals surface area contributed by atoms with Crippen molar-refractivity contribution in [2.24, 2.45) is 0 Å². The molecule has 0 radical (unpaired) electrons. The van der Waals surface area contributed by atoms with Crippen LogP contribution in [0, 0.1) is 0 Å². The predicted octanol–water partition coefficient (Wildman–Crippen LogP) is 4.05. The van der Waals surface area contributed by atoms with Crippen molar-refractivity contribution in [1.29, 1.82) is 0 Å². The molecule has 9 heteroatoms. The van der Waals surface area contributed by atoms with Crippen LogP contribution in [-0.2, 0) is 16.1 Å². The van der Waals surface area contributed by atoms with Gasteiger partial charge in [0.15, 0.2) is 0 Å². The molecule has 0 spiro atoms. The average Bonchev–Trinajstić information content (AvgIpc) is 3.24. The fourth-order valence-corrected chi connectivity index (χ4v) is 4.72. The molecule has 0 saturated carbocycles. The number of anilines is 1. The number of halogens is 2. The first-order valence-electron chi connectivity index (χ1n) is 10.4. The lowest BCUT2D eigenvalue weighted by molar-refractivity contribution is -0.134. The van der Waals surface area contributed by atoms with Crippen LogP contribution in [0.1, 0.15) is 18.9 Å². The molecule has 1 aliphatic heterocycles. The van der Waals surface area contributed by atoms with E-state index in [2.05, 4.69) is 27.0 Å². The Labute approximate surface area is 197 Å². The SMILES string of the molecule is CCCN(CC(=O)Nc1ccc(Cl)cc1Cl)CC(=O)N1CCN(Cc2ccsc2)CC1. The van der Waals surface area contributed by atoms with Crippen LogP contribution in [-0.4, -0.2) is 72.3 Å². The topological polar surface area (TPSA) is 55.9 Å². The molecule has 0 atom stereocenters. The van der Waals surface area contributed by atoms with Gasteiger partial charge in [0, 0.05) is 37.7 Å². The zero-order valence-electron chi connectivity index (χ0n) is 17.7. The normalized spacial score (nSPS) is 14.8. The van der Waals surface area contributed by atoms with Gasteiger partial charge in [0.2, 0.25) is 11.8 Å². The van der Waals surface area contributed by atoms with Gasteiger partial charge in [-0.25, -0.2) is 0 Å². The van der Waals surface area contributed by atoms with Crippen LogP contribution >= 0.6 is 34.5 Å². The molecule has 2 amide bonds. The van der Waals surface area contributed by atoms with Crippen molar-refractivity contribution in [2.45, 2.75) is 19.9 Å². The Bertz CT molecular complexity index is 870. The van der Waals surface area contributed by atoms with Crippen LogP contribution in [0.2, 0.25) is 10.0 Å². The van der Waals surface area contributed by atoms with Gasteiger partial charge in [0.05, 0.1) is 23.8 Å². The highest BCUT2D eigenvalue weighted by atomic mass is 35.5. The molecule has 1 aromatic heterocycles. The number of hydrogen-bond donors (Lipinski definition) is 1. The van der Waals surface area contributed by atoms with Crippen molar-refractivity contribution in [2.75, 3.05) is 51.1 Å². The minimum Gasteiger partial charge on any atom is -0.339 e. The van der Waals surface area contributed by atoms with E-state index in [1.54, 1.807) is 29.5 Å². The van der Waals surface area contributed by atoms with Gasteiger partial charge in [0.1, 0.15) is 0 Å². The second kappa shape index (κ2) is 11.8. The molecule has 1 aliphatic rings. The smallest absolute Gasteiger partial charge is 0.238 e. The molecule has 3 rings (SSSR count). The largest absolute Gasteiger partial charge is 0.339 e. The standard InChI is InChI=1S/C22H28Cl2N4O2S/c1-2-6-27(14-21(29)25-20-4-3-18(23)12-19(20)24)15-22(30)28-9-7-26(8-10-28)13-17-5-11-31-16-17/h3-5,11-12,16H,2,6-10,13-15H2,1H3,(H,25,29). The third-order valence-corrected chi connectivity index (χ3v) is 6.46. The van der Waals surface area contributed by atoms with E-state index in [1.807, 2.05) is 16.7 Å². The summed E-state index contributed by atoms with van der Waals surface area (Å²) in [5.74, 6) is -0.132. The number of thiophene rings is 1. The van der Waals surface area contributed by atoms with Crippen LogP contribution in [0.3, 0.4) is 0 Å². The third-order valence-electron chi connectivity index (χ3n) is 5.18. The zero-order chi connectivity index (χ0) is 22.2. The summed E-state index contributed by atoms with van der Waals surface area (Å²) < 4.78 is 0. The fraction of sp³-hybridized carbons (Fsp3) is 0.455. The van der Waals surface area contributed by atoms with Crippen molar-refractivity contribution in [3.8, 4) is 0 Å². The van der Waals surface area contributed by atoms with E-state index in [0.29, 0.717) is 22.3 Å². The lowest BCUT2D eigenvalue weighted by atomic mass is 10.2. The number of carbonyl (C=O) groups is 2. The Kier molecular flexibility index (Phi) is 9.16. The number of amides is 2. The Hall–Kier alpha value is -1.64. The fourth-order valence-electron chi connectivity index (χ4n) is 3.60. The van der Waals surface area contributed by atoms with Crippen LogP contribution in [0.5, 0.6) is 0 Å². The lowest BCUT2D eigenvalue weighted by Gasteiger charge is -2.35. The van der Waals surface area contributed by atoms with E-state index < -0.39 is 0 Å². The zero-order valence-corrected chi connectivity index (χ0v) is 20.0. The summed E-state index contributed by atoms with van der Waals surface area (Å²) in [7, 11) is 0. The van der Waals surface area contributed by atoms with E-state index in [0.717, 1.165) is 39.1 Å². The van der Waals surface area contributed by atoms with Gasteiger partial charge in [-0.2, -0.15) is 11.3 Å². The molecule has 31 heavy (non-hydrogen) atoms. The van der Waals surface area contributed by atoms with E-state index in [4.69, 9.17) is 23.2 Å². The molecular formula is C22H28Cl2N4O2S. The quantitative estimate of drug-likeness (QED) is 0.585. The number of nitrogens with one attached hydrogen (secondary N) is 1. The first-order valence-corrected chi connectivity index (χ1v) is 12.1. The predicted molar refractivity (Wildman–Crippen MR) is 128 cm³/mol. The highest BCUT2D eigenvalue weighted by molar-refractivity contribution is 7.07. The van der Waals surface area contributed by atoms with Crippen LogP contribution < -0.4 is 5.32 Å². The Morgan fingerprint density at radius 3 is 2.55 bits per heavy atom. The molecule has 1 aromatic carbocycles. The lowest BCUT2D eigenvalue weighted by Crippen LogP contribution is -2.51. The number of piperazine rings is 1. The van der Waals surface area contributed by atoms with E-state index in [1.165, 1.54) is 5.56 Å². The van der Waals surface area contributed by atoms with Crippen molar-refractivity contribution in [3.05, 3.63) is 50.6 Å². The highest BCUT2D eigenvalue weighted by Crippen LogP contribution is 2.25. The summed E-state index contributed by atoms with van der Waals surface area (Å²) in [6, 6.07) is 7.08. The molecular weight excluding hydrogens is 455 g/mol. The number of benzene rings is 1. The summed E-state index contributed by atoms with van der Waals surface area (Å²) in [5.41, 5.74) is 1.84. The van der Waals surface area contributed by atoms with Crippen molar-refractivity contribution < 1.29 is 9.59 Å². The van der Waals surface area contributed by atoms with Crippen LogP contribution in [0.15, 0.2) is 35.0 Å². The van der Waals surface area contributed by atoms with Gasteiger partial charge >= 0.3 is 0 Å². The molecule has 168 valence electrons. The second-order valence-electron chi connectivity index (χ2n) is 7.67. The summed E-state index contributed by atoms with van der Waals surface area (Å²) >= 11 is 13.7. The summed E-state index contributed by atoms with van der Waals surface area (Å²) in [6.45, 7) is 7.18.